The van der Waals surface area contributed by atoms with Gasteiger partial charge in [-0.25, -0.2) is 24.0 Å². The van der Waals surface area contributed by atoms with Gasteiger partial charge in [0, 0.05) is 59.1 Å². The van der Waals surface area contributed by atoms with Gasteiger partial charge in [0.05, 0.1) is 56.6 Å². The molecule has 0 bridgehead atoms. The van der Waals surface area contributed by atoms with Gasteiger partial charge in [0.15, 0.2) is 0 Å². The number of aromatic amines is 5. The van der Waals surface area contributed by atoms with Crippen molar-refractivity contribution in [1.82, 2.24) is 35.7 Å². The van der Waals surface area contributed by atoms with Crippen LogP contribution in [0, 0.1) is 55.4 Å². The van der Waals surface area contributed by atoms with Crippen LogP contribution in [0.25, 0.3) is 0 Å². The Labute approximate surface area is 382 Å². The number of carboxylic acid groups (broad SMARTS) is 6. The first-order chi connectivity index (χ1) is 31.0. The van der Waals surface area contributed by atoms with Gasteiger partial charge in [-0.2, -0.15) is 20.4 Å². The zero-order valence-electron chi connectivity index (χ0n) is 37.8. The molecular weight excluding hydrogens is 873 g/mol. The number of carbonyl (C=O) groups is 6. The maximum absolute atomic E-state index is 10.4. The Morgan fingerprint density at radius 2 is 0.731 bits per heavy atom. The van der Waals surface area contributed by atoms with Crippen molar-refractivity contribution in [1.29, 1.82) is 0 Å². The second kappa shape index (κ2) is 24.9. The van der Waals surface area contributed by atoms with Crippen molar-refractivity contribution in [3.63, 3.8) is 0 Å². The van der Waals surface area contributed by atoms with E-state index in [-0.39, 0.29) is 38.9 Å². The summed E-state index contributed by atoms with van der Waals surface area (Å²) in [5.41, 5.74) is 14.0. The molecule has 0 spiro atoms. The van der Waals surface area contributed by atoms with Crippen molar-refractivity contribution in [3.8, 4) is 0 Å². The molecule has 354 valence electrons. The molecule has 0 aliphatic carbocycles. The molecule has 7 rings (SSSR count). The number of aromatic nitrogens is 8. The summed E-state index contributed by atoms with van der Waals surface area (Å²) in [5, 5.41) is 80.7. The van der Waals surface area contributed by atoms with E-state index in [4.69, 9.17) is 25.5 Å². The van der Waals surface area contributed by atoms with Crippen LogP contribution in [0.4, 0.5) is 0 Å². The number of rotatable bonds is 10. The third-order valence-electron chi connectivity index (χ3n) is 9.95. The van der Waals surface area contributed by atoms with E-state index in [1.54, 1.807) is 0 Å². The van der Waals surface area contributed by atoms with Crippen molar-refractivity contribution < 1.29 is 70.0 Å². The molecule has 4 aromatic heterocycles. The molecule has 67 heavy (non-hydrogen) atoms. The summed E-state index contributed by atoms with van der Waals surface area (Å²) in [6.45, 7) is 16.5. The highest BCUT2D eigenvalue weighted by Gasteiger charge is 2.16. The van der Waals surface area contributed by atoms with Crippen molar-refractivity contribution in [2.75, 3.05) is 0 Å². The fourth-order valence-electron chi connectivity index (χ4n) is 6.09. The standard InChI is InChI=1S/2C11H16N4.3C8H6O4.H2O/c2*1-6-10(7(2)13-12-6)5-11-8(3)14-15-9(11)4;3*9-7(10)5-2-1-3-6(4-5)8(11)12;/h2*5H2,1-4H3,(H,12,13)(H,14,15);3*1-4H,(H,9,10)(H,11,12);1H2. The largest absolute Gasteiger partial charge is 0.545 e. The van der Waals surface area contributed by atoms with Crippen molar-refractivity contribution >= 4 is 35.8 Å². The highest BCUT2D eigenvalue weighted by molar-refractivity contribution is 5.94. The van der Waals surface area contributed by atoms with Crippen LogP contribution in [-0.2, 0) is 12.8 Å². The van der Waals surface area contributed by atoms with E-state index < -0.39 is 35.8 Å². The minimum Gasteiger partial charge on any atom is -0.545 e. The minimum atomic E-state index is -1.38. The van der Waals surface area contributed by atoms with Gasteiger partial charge in [0.1, 0.15) is 0 Å². The molecule has 3 aromatic carbocycles. The normalized spacial score (nSPS) is 9.91. The molecule has 0 aliphatic heterocycles. The molecule has 12 N–H and O–H groups in total. The first-order valence-electron chi connectivity index (χ1n) is 19.8. The number of aryl methyl sites for hydroxylation is 8. The fraction of sp³-hybridized carbons (Fsp3) is 0.217. The number of H-pyrrole nitrogens is 5. The van der Waals surface area contributed by atoms with Crippen LogP contribution in [-0.4, -0.2) is 103 Å². The van der Waals surface area contributed by atoms with Gasteiger partial charge in [0.2, 0.25) is 5.69 Å². The van der Waals surface area contributed by atoms with Crippen molar-refractivity contribution in [2.45, 2.75) is 68.2 Å². The summed E-state index contributed by atoms with van der Waals surface area (Å²) in [7, 11) is 0. The average molecular weight is 925 g/mol. The smallest absolute Gasteiger partial charge is 0.335 e. The molecule has 21 nitrogen and oxygen atoms in total. The van der Waals surface area contributed by atoms with Gasteiger partial charge in [-0.15, -0.1) is 5.10 Å². The summed E-state index contributed by atoms with van der Waals surface area (Å²) < 4.78 is 0. The van der Waals surface area contributed by atoms with Crippen LogP contribution < -0.4 is 10.2 Å². The first-order valence-corrected chi connectivity index (χ1v) is 19.8. The number of benzene rings is 3. The lowest BCUT2D eigenvalue weighted by atomic mass is 10.0. The number of carbonyl (C=O) groups excluding carboxylic acids is 1. The molecule has 0 radical (unpaired) electrons. The van der Waals surface area contributed by atoms with Crippen LogP contribution >= 0.6 is 0 Å². The Morgan fingerprint density at radius 3 is 0.955 bits per heavy atom. The van der Waals surface area contributed by atoms with Crippen LogP contribution in [0.5, 0.6) is 0 Å². The molecule has 0 saturated carbocycles. The number of hydrogen-bond acceptors (Lipinski definition) is 10. The van der Waals surface area contributed by atoms with E-state index in [2.05, 4.69) is 75.4 Å². The van der Waals surface area contributed by atoms with Gasteiger partial charge in [-0.1, -0.05) is 24.3 Å². The summed E-state index contributed by atoms with van der Waals surface area (Å²) >= 11 is 0. The fourth-order valence-corrected chi connectivity index (χ4v) is 6.09. The first kappa shape index (κ1) is 54.4. The maximum Gasteiger partial charge on any atom is 0.335 e. The molecule has 21 heteroatoms. The lowest BCUT2D eigenvalue weighted by Gasteiger charge is -2.01. The second-order valence-electron chi connectivity index (χ2n) is 14.6. The highest BCUT2D eigenvalue weighted by atomic mass is 16.4. The van der Waals surface area contributed by atoms with Crippen LogP contribution in [0.3, 0.4) is 0 Å². The number of nitrogens with zero attached hydrogens (tertiary/aromatic N) is 3. The number of nitrogens with one attached hydrogen (secondary N) is 5. The number of carboxylic acids is 6. The van der Waals surface area contributed by atoms with E-state index in [1.807, 2.05) is 20.8 Å². The summed E-state index contributed by atoms with van der Waals surface area (Å²) in [6, 6.07) is 15.4. The van der Waals surface area contributed by atoms with E-state index >= 15 is 0 Å². The third kappa shape index (κ3) is 15.8. The molecule has 4 heterocycles. The number of hydrogen-bond donors (Lipinski definition) is 9. The molecule has 0 atom stereocenters. The molecular formula is C46H52N8O13. The quantitative estimate of drug-likeness (QED) is 0.0916. The van der Waals surface area contributed by atoms with Gasteiger partial charge < -0.3 is 40.9 Å². The Kier molecular flexibility index (Phi) is 20.3. The van der Waals surface area contributed by atoms with Crippen LogP contribution in [0.15, 0.2) is 72.8 Å². The van der Waals surface area contributed by atoms with Crippen molar-refractivity contribution in [2.24, 2.45) is 0 Å². The minimum absolute atomic E-state index is 0. The number of aromatic carboxylic acids is 6. The lowest BCUT2D eigenvalue weighted by molar-refractivity contribution is -0.458. The molecule has 0 unspecified atom stereocenters. The van der Waals surface area contributed by atoms with E-state index in [0.717, 1.165) is 65.2 Å². The molecule has 0 fully saturated rings. The summed E-state index contributed by atoms with van der Waals surface area (Å²) in [4.78, 5) is 62.2. The molecule has 0 aliphatic rings. The van der Waals surface area contributed by atoms with Gasteiger partial charge in [-0.05, 0) is 103 Å². The Bertz CT molecular complexity index is 2350. The maximum atomic E-state index is 10.4. The Morgan fingerprint density at radius 1 is 0.463 bits per heavy atom. The highest BCUT2D eigenvalue weighted by Crippen LogP contribution is 2.20. The second-order valence-corrected chi connectivity index (χ2v) is 14.6. The monoisotopic (exact) mass is 924 g/mol. The zero-order chi connectivity index (χ0) is 49.4. The molecule has 7 aromatic rings. The zero-order valence-corrected chi connectivity index (χ0v) is 37.8. The van der Waals surface area contributed by atoms with Crippen molar-refractivity contribution in [3.05, 3.63) is 174 Å². The summed E-state index contributed by atoms with van der Waals surface area (Å²) in [6.07, 6.45) is 1.84. The SMILES string of the molecule is Cc1n[nH]c(C)c1Cc1c(C)[nH][nH+]c1C.Cc1n[nH]c(C)c1Cc1c(C)n[nH]c1C.O.O=C(O)c1cccc(C(=O)O)c1.O=C(O)c1cccc(C(=O)O)c1.O=C([O-])c1cccc(C(=O)O)c1. The Hall–Kier alpha value is -8.72. The topological polar surface area (TPSA) is 374 Å². The third-order valence-corrected chi connectivity index (χ3v) is 9.95. The van der Waals surface area contributed by atoms with Gasteiger partial charge in [0.25, 0.3) is 0 Å². The van der Waals surface area contributed by atoms with Crippen LogP contribution in [0.1, 0.15) is 130 Å². The lowest BCUT2D eigenvalue weighted by Crippen LogP contribution is -2.22. The van der Waals surface area contributed by atoms with Gasteiger partial charge >= 0.3 is 29.8 Å². The van der Waals surface area contributed by atoms with Crippen LogP contribution in [0.2, 0.25) is 0 Å². The predicted molar refractivity (Wildman–Crippen MR) is 239 cm³/mol. The van der Waals surface area contributed by atoms with E-state index in [0.29, 0.717) is 0 Å². The summed E-state index contributed by atoms with van der Waals surface area (Å²) in [5.74, 6) is -7.04. The average Bonchev–Trinajstić information content (AvgIpc) is 4.00. The van der Waals surface area contributed by atoms with Gasteiger partial charge in [-0.3, -0.25) is 15.3 Å². The van der Waals surface area contributed by atoms with E-state index in [1.165, 1.54) is 88.2 Å². The van der Waals surface area contributed by atoms with E-state index in [9.17, 15) is 33.9 Å². The Balaban J connectivity index is 0.000000288. The predicted octanol–water partition coefficient (Wildman–Crippen LogP) is 4.42. The molecule has 0 amide bonds. The molecule has 0 saturated heterocycles.